The number of hydrogen-bond acceptors (Lipinski definition) is 4. The van der Waals surface area contributed by atoms with Gasteiger partial charge in [0.2, 0.25) is 0 Å². The van der Waals surface area contributed by atoms with Crippen LogP contribution in [0.4, 0.5) is 5.69 Å². The number of benzene rings is 2. The van der Waals surface area contributed by atoms with Gasteiger partial charge in [-0.1, -0.05) is 6.07 Å². The van der Waals surface area contributed by atoms with E-state index in [0.29, 0.717) is 11.2 Å². The van der Waals surface area contributed by atoms with Gasteiger partial charge in [-0.2, -0.15) is 0 Å². The maximum absolute atomic E-state index is 12.6. The molecule has 0 amide bonds. The van der Waals surface area contributed by atoms with Crippen LogP contribution < -0.4 is 10.5 Å². The highest BCUT2D eigenvalue weighted by Gasteiger charge is 2.18. The summed E-state index contributed by atoms with van der Waals surface area (Å²) >= 11 is 0. The first kappa shape index (κ1) is 16.3. The zero-order chi connectivity index (χ0) is 17.6. The third kappa shape index (κ3) is 2.71. The first-order chi connectivity index (χ1) is 11.2. The molecule has 126 valence electrons. The van der Waals surface area contributed by atoms with Crippen LogP contribution in [0.5, 0.6) is 0 Å². The number of nitrogens with one attached hydrogen (secondary N) is 1. The van der Waals surface area contributed by atoms with Crippen molar-refractivity contribution in [3.63, 3.8) is 0 Å². The molecule has 0 saturated heterocycles. The predicted octanol–water partition coefficient (Wildman–Crippen LogP) is 2.86. The number of aryl methyl sites for hydroxylation is 4. The molecule has 6 nitrogen and oxygen atoms in total. The van der Waals surface area contributed by atoms with Crippen molar-refractivity contribution in [1.82, 2.24) is 4.57 Å². The van der Waals surface area contributed by atoms with Gasteiger partial charge >= 0.3 is 5.76 Å². The molecule has 0 radical (unpaired) electrons. The summed E-state index contributed by atoms with van der Waals surface area (Å²) in [6, 6.07) is 8.11. The molecule has 0 fully saturated rings. The van der Waals surface area contributed by atoms with Crippen molar-refractivity contribution in [2.75, 3.05) is 4.72 Å². The minimum absolute atomic E-state index is 0.0435. The van der Waals surface area contributed by atoms with Gasteiger partial charge in [0, 0.05) is 13.1 Å². The van der Waals surface area contributed by atoms with Crippen molar-refractivity contribution in [1.29, 1.82) is 0 Å². The van der Waals surface area contributed by atoms with E-state index < -0.39 is 15.8 Å². The van der Waals surface area contributed by atoms with E-state index in [9.17, 15) is 13.2 Å². The van der Waals surface area contributed by atoms with E-state index in [-0.39, 0.29) is 10.5 Å². The minimum atomic E-state index is -3.78. The summed E-state index contributed by atoms with van der Waals surface area (Å²) in [7, 11) is -2.21. The third-order valence-electron chi connectivity index (χ3n) is 4.16. The molecule has 0 spiro atoms. The zero-order valence-electron chi connectivity index (χ0n) is 13.9. The van der Waals surface area contributed by atoms with Crippen LogP contribution in [0.3, 0.4) is 0 Å². The quantitative estimate of drug-likeness (QED) is 0.791. The Morgan fingerprint density at radius 3 is 2.38 bits per heavy atom. The molecule has 0 bridgehead atoms. The van der Waals surface area contributed by atoms with E-state index in [1.165, 1.54) is 16.7 Å². The Bertz CT molecular complexity index is 1110. The maximum Gasteiger partial charge on any atom is 0.419 e. The molecule has 0 aliphatic heterocycles. The molecule has 3 aromatic rings. The van der Waals surface area contributed by atoms with Gasteiger partial charge in [0.15, 0.2) is 5.58 Å². The Kier molecular flexibility index (Phi) is 3.76. The monoisotopic (exact) mass is 346 g/mol. The van der Waals surface area contributed by atoms with Crippen LogP contribution in [0.1, 0.15) is 16.7 Å². The summed E-state index contributed by atoms with van der Waals surface area (Å²) in [5.41, 5.74) is 4.26. The second-order valence-electron chi connectivity index (χ2n) is 5.91. The van der Waals surface area contributed by atoms with Gasteiger partial charge in [0.1, 0.15) is 0 Å². The largest absolute Gasteiger partial charge is 0.419 e. The minimum Gasteiger partial charge on any atom is -0.408 e. The van der Waals surface area contributed by atoms with Gasteiger partial charge in [-0.05, 0) is 55.7 Å². The first-order valence-corrected chi connectivity index (χ1v) is 8.87. The number of hydrogen-bond donors (Lipinski definition) is 1. The second-order valence-corrected chi connectivity index (χ2v) is 7.60. The summed E-state index contributed by atoms with van der Waals surface area (Å²) in [6.07, 6.45) is 0. The lowest BCUT2D eigenvalue weighted by Crippen LogP contribution is -2.14. The van der Waals surface area contributed by atoms with Gasteiger partial charge < -0.3 is 4.42 Å². The molecule has 0 unspecified atom stereocenters. The highest BCUT2D eigenvalue weighted by Crippen LogP contribution is 2.24. The summed E-state index contributed by atoms with van der Waals surface area (Å²) in [5, 5.41) is 0. The molecule has 1 aromatic heterocycles. The van der Waals surface area contributed by atoms with E-state index in [1.54, 1.807) is 13.1 Å². The number of oxazole rings is 1. The van der Waals surface area contributed by atoms with Gasteiger partial charge in [0.25, 0.3) is 10.0 Å². The summed E-state index contributed by atoms with van der Waals surface area (Å²) in [6.45, 7) is 5.76. The fourth-order valence-corrected chi connectivity index (χ4v) is 3.69. The lowest BCUT2D eigenvalue weighted by Gasteiger charge is -2.13. The van der Waals surface area contributed by atoms with Crippen molar-refractivity contribution in [2.45, 2.75) is 25.7 Å². The molecule has 1 N–H and O–H groups in total. The van der Waals surface area contributed by atoms with Gasteiger partial charge in [0.05, 0.1) is 16.1 Å². The van der Waals surface area contributed by atoms with Crippen molar-refractivity contribution >= 4 is 26.8 Å². The van der Waals surface area contributed by atoms with Gasteiger partial charge in [-0.25, -0.2) is 13.2 Å². The normalized spacial score (nSPS) is 11.8. The average molecular weight is 346 g/mol. The number of rotatable bonds is 3. The molecule has 1 heterocycles. The Morgan fingerprint density at radius 1 is 1.00 bits per heavy atom. The van der Waals surface area contributed by atoms with E-state index in [0.717, 1.165) is 16.7 Å². The molecule has 7 heteroatoms. The molecule has 0 aliphatic rings. The Balaban J connectivity index is 2.05. The van der Waals surface area contributed by atoms with Crippen LogP contribution in [0, 0.1) is 20.8 Å². The molecular formula is C17H18N2O4S. The van der Waals surface area contributed by atoms with Crippen LogP contribution in [0.25, 0.3) is 11.1 Å². The number of sulfonamides is 1. The zero-order valence-corrected chi connectivity index (χ0v) is 14.7. The van der Waals surface area contributed by atoms with Crippen molar-refractivity contribution in [3.8, 4) is 0 Å². The highest BCUT2D eigenvalue weighted by molar-refractivity contribution is 7.92. The molecule has 0 atom stereocenters. The SMILES string of the molecule is Cc1cc(C)c(NS(=O)(=O)c2ccc3c(c2)oc(=O)n3C)cc1C. The first-order valence-electron chi connectivity index (χ1n) is 7.39. The number of nitrogens with zero attached hydrogens (tertiary/aromatic N) is 1. The Labute approximate surface area is 139 Å². The van der Waals surface area contributed by atoms with Crippen molar-refractivity contribution < 1.29 is 12.8 Å². The van der Waals surface area contributed by atoms with E-state index in [1.807, 2.05) is 32.9 Å². The third-order valence-corrected chi connectivity index (χ3v) is 5.52. The topological polar surface area (TPSA) is 81.3 Å². The fourth-order valence-electron chi connectivity index (χ4n) is 2.56. The Morgan fingerprint density at radius 2 is 1.67 bits per heavy atom. The van der Waals surface area contributed by atoms with E-state index in [4.69, 9.17) is 4.42 Å². The van der Waals surface area contributed by atoms with Crippen LogP contribution in [-0.2, 0) is 17.1 Å². The number of anilines is 1. The molecule has 2 aromatic carbocycles. The van der Waals surface area contributed by atoms with E-state index in [2.05, 4.69) is 4.72 Å². The molecule has 0 saturated carbocycles. The fraction of sp³-hybridized carbons (Fsp3) is 0.235. The summed E-state index contributed by atoms with van der Waals surface area (Å²) in [5.74, 6) is -0.530. The molecule has 0 aliphatic carbocycles. The second kappa shape index (κ2) is 5.52. The average Bonchev–Trinajstić information content (AvgIpc) is 2.79. The van der Waals surface area contributed by atoms with Crippen LogP contribution in [-0.4, -0.2) is 13.0 Å². The van der Waals surface area contributed by atoms with Crippen molar-refractivity contribution in [2.24, 2.45) is 7.05 Å². The van der Waals surface area contributed by atoms with E-state index >= 15 is 0 Å². The van der Waals surface area contributed by atoms with Crippen LogP contribution in [0.2, 0.25) is 0 Å². The molecule has 24 heavy (non-hydrogen) atoms. The smallest absolute Gasteiger partial charge is 0.408 e. The number of fused-ring (bicyclic) bond motifs is 1. The van der Waals surface area contributed by atoms with Crippen molar-refractivity contribution in [3.05, 3.63) is 57.6 Å². The standard InChI is InChI=1S/C17H18N2O4S/c1-10-7-12(3)14(8-11(10)2)18-24(21,22)13-5-6-15-16(9-13)23-17(20)19(15)4/h5-9,18H,1-4H3. The van der Waals surface area contributed by atoms with Gasteiger partial charge in [-0.15, -0.1) is 0 Å². The highest BCUT2D eigenvalue weighted by atomic mass is 32.2. The van der Waals surface area contributed by atoms with Gasteiger partial charge in [-0.3, -0.25) is 9.29 Å². The van der Waals surface area contributed by atoms with Crippen LogP contribution in [0.15, 0.2) is 44.4 Å². The molecule has 3 rings (SSSR count). The maximum atomic E-state index is 12.6. The molecular weight excluding hydrogens is 328 g/mol. The lowest BCUT2D eigenvalue weighted by atomic mass is 10.1. The number of aromatic nitrogens is 1. The Hall–Kier alpha value is -2.54. The summed E-state index contributed by atoms with van der Waals surface area (Å²) < 4.78 is 34.3. The predicted molar refractivity (Wildman–Crippen MR) is 92.9 cm³/mol. The lowest BCUT2D eigenvalue weighted by molar-refractivity contribution is 0.527. The van der Waals surface area contributed by atoms with Crippen LogP contribution >= 0.6 is 0 Å². The summed E-state index contributed by atoms with van der Waals surface area (Å²) in [4.78, 5) is 11.6.